The van der Waals surface area contributed by atoms with Crippen LogP contribution in [-0.4, -0.2) is 9.97 Å². The Morgan fingerprint density at radius 1 is 0.372 bits per heavy atom. The van der Waals surface area contributed by atoms with Crippen LogP contribution in [0.3, 0.4) is 0 Å². The first kappa shape index (κ1) is 25.0. The number of para-hydroxylation sites is 1. The number of nitrogens with zero attached hydrogens (tertiary/aromatic N) is 2. The molecule has 0 amide bonds. The Kier molecular flexibility index (Phi) is 6.12. The highest BCUT2D eigenvalue weighted by Gasteiger charge is 2.19. The van der Waals surface area contributed by atoms with E-state index < -0.39 is 0 Å². The minimum absolute atomic E-state index is 0.667. The molecule has 0 aliphatic carbocycles. The van der Waals surface area contributed by atoms with Crippen molar-refractivity contribution in [1.82, 2.24) is 9.97 Å². The molecule has 202 valence electrons. The van der Waals surface area contributed by atoms with Crippen LogP contribution in [-0.2, 0) is 0 Å². The molecule has 3 nitrogen and oxygen atoms in total. The number of hydrogen-bond acceptors (Lipinski definition) is 3. The Morgan fingerprint density at radius 3 is 1.44 bits per heavy atom. The Bertz CT molecular complexity index is 2140. The summed E-state index contributed by atoms with van der Waals surface area (Å²) in [5, 5.41) is 0.978. The first-order valence-corrected chi connectivity index (χ1v) is 14.4. The van der Waals surface area contributed by atoms with Crippen molar-refractivity contribution >= 4 is 22.1 Å². The van der Waals surface area contributed by atoms with Gasteiger partial charge in [-0.15, -0.1) is 0 Å². The molecule has 3 heteroatoms. The van der Waals surface area contributed by atoms with Gasteiger partial charge in [0.1, 0.15) is 16.8 Å². The Morgan fingerprint density at radius 2 is 0.837 bits per heavy atom. The normalized spacial score (nSPS) is 11.3. The second-order valence-corrected chi connectivity index (χ2v) is 10.6. The van der Waals surface area contributed by atoms with E-state index in [0.29, 0.717) is 11.4 Å². The van der Waals surface area contributed by atoms with Crippen LogP contribution in [0, 0.1) is 0 Å². The third-order valence-corrected chi connectivity index (χ3v) is 7.89. The molecule has 0 aliphatic rings. The number of benzene rings is 6. The van der Waals surface area contributed by atoms with Gasteiger partial charge in [-0.2, -0.15) is 0 Å². The Hall–Kier alpha value is -5.80. The van der Waals surface area contributed by atoms with Gasteiger partial charge in [-0.3, -0.25) is 0 Å². The maximum absolute atomic E-state index is 6.47. The molecule has 0 atom stereocenters. The van der Waals surface area contributed by atoms with E-state index in [1.807, 2.05) is 36.4 Å². The average Bonchev–Trinajstić information content (AvgIpc) is 3.48. The van der Waals surface area contributed by atoms with Crippen LogP contribution in [0.4, 0.5) is 0 Å². The van der Waals surface area contributed by atoms with Crippen LogP contribution in [0.2, 0.25) is 0 Å². The van der Waals surface area contributed by atoms with Gasteiger partial charge < -0.3 is 4.42 Å². The van der Waals surface area contributed by atoms with Gasteiger partial charge in [-0.05, 0) is 63.7 Å². The monoisotopic (exact) mass is 550 g/mol. The lowest BCUT2D eigenvalue weighted by atomic mass is 9.94. The topological polar surface area (TPSA) is 38.9 Å². The smallest absolute Gasteiger partial charge is 0.180 e. The number of rotatable bonds is 5. The Balaban J connectivity index is 1.36. The van der Waals surface area contributed by atoms with Crippen LogP contribution >= 0.6 is 0 Å². The molecule has 0 saturated heterocycles. The molecule has 0 bridgehead atoms. The summed E-state index contributed by atoms with van der Waals surface area (Å²) >= 11 is 0. The first-order valence-electron chi connectivity index (χ1n) is 14.4. The van der Waals surface area contributed by atoms with Crippen molar-refractivity contribution in [2.75, 3.05) is 0 Å². The van der Waals surface area contributed by atoms with E-state index in [4.69, 9.17) is 14.4 Å². The van der Waals surface area contributed by atoms with Crippen molar-refractivity contribution < 1.29 is 4.42 Å². The molecule has 43 heavy (non-hydrogen) atoms. The second-order valence-electron chi connectivity index (χ2n) is 10.6. The molecule has 2 aromatic heterocycles. The molecular weight excluding hydrogens is 524 g/mol. The van der Waals surface area contributed by atoms with Crippen molar-refractivity contribution in [2.24, 2.45) is 0 Å². The van der Waals surface area contributed by atoms with E-state index in [0.717, 1.165) is 61.1 Å². The summed E-state index contributed by atoms with van der Waals surface area (Å²) in [7, 11) is 0. The highest BCUT2D eigenvalue weighted by molar-refractivity contribution is 6.07. The molecule has 8 rings (SSSR count). The van der Waals surface area contributed by atoms with Gasteiger partial charge in [-0.25, -0.2) is 9.97 Å². The zero-order valence-corrected chi connectivity index (χ0v) is 23.3. The summed E-state index contributed by atoms with van der Waals surface area (Å²) in [6.07, 6.45) is 0. The van der Waals surface area contributed by atoms with Crippen LogP contribution in [0.25, 0.3) is 78.1 Å². The summed E-state index contributed by atoms with van der Waals surface area (Å²) in [6, 6.07) is 54.6. The predicted octanol–water partition coefficient (Wildman–Crippen LogP) is 10.7. The standard InChI is InChI=1S/C40H26N2O/c1-4-12-27(13-5-1)30-20-22-31(23-21-30)40-41-37(39-38(42-40)35-18-10-11-19-36(35)43-39)34-25-32(28-14-6-2-7-15-28)24-33(26-34)29-16-8-3-9-17-29/h1-26H. The number of fused-ring (bicyclic) bond motifs is 3. The van der Waals surface area contributed by atoms with Gasteiger partial charge in [-0.1, -0.05) is 127 Å². The van der Waals surface area contributed by atoms with Crippen LogP contribution in [0.5, 0.6) is 0 Å². The minimum atomic E-state index is 0.667. The first-order chi connectivity index (χ1) is 21.3. The molecule has 6 aromatic carbocycles. The lowest BCUT2D eigenvalue weighted by molar-refractivity contribution is 0.667. The molecule has 0 unspecified atom stereocenters. The van der Waals surface area contributed by atoms with Gasteiger partial charge >= 0.3 is 0 Å². The van der Waals surface area contributed by atoms with Crippen molar-refractivity contribution in [3.63, 3.8) is 0 Å². The van der Waals surface area contributed by atoms with Crippen molar-refractivity contribution in [2.45, 2.75) is 0 Å². The molecule has 0 spiro atoms. The molecular formula is C40H26N2O. The van der Waals surface area contributed by atoms with E-state index in [2.05, 4.69) is 121 Å². The molecule has 8 aromatic rings. The zero-order chi connectivity index (χ0) is 28.6. The summed E-state index contributed by atoms with van der Waals surface area (Å²) in [5.41, 5.74) is 11.9. The van der Waals surface area contributed by atoms with Gasteiger partial charge in [0.15, 0.2) is 11.4 Å². The second kappa shape index (κ2) is 10.6. The maximum atomic E-state index is 6.47. The third kappa shape index (κ3) is 4.67. The molecule has 0 saturated carbocycles. The van der Waals surface area contributed by atoms with Gasteiger partial charge in [0, 0.05) is 16.5 Å². The minimum Gasteiger partial charge on any atom is -0.452 e. The van der Waals surface area contributed by atoms with E-state index in [1.165, 1.54) is 5.56 Å². The van der Waals surface area contributed by atoms with Gasteiger partial charge in [0.05, 0.1) is 0 Å². The SMILES string of the molecule is c1ccc(-c2ccc(-c3nc(-c4cc(-c5ccccc5)cc(-c5ccccc5)c4)c4oc5ccccc5c4n3)cc2)cc1. The summed E-state index contributed by atoms with van der Waals surface area (Å²) in [6.45, 7) is 0. The van der Waals surface area contributed by atoms with E-state index >= 15 is 0 Å². The zero-order valence-electron chi connectivity index (χ0n) is 23.3. The summed E-state index contributed by atoms with van der Waals surface area (Å²) in [4.78, 5) is 10.3. The number of furan rings is 1. The maximum Gasteiger partial charge on any atom is 0.180 e. The van der Waals surface area contributed by atoms with Gasteiger partial charge in [0.25, 0.3) is 0 Å². The van der Waals surface area contributed by atoms with E-state index in [9.17, 15) is 0 Å². The number of hydrogen-bond donors (Lipinski definition) is 0. The lowest BCUT2D eigenvalue weighted by Crippen LogP contribution is -1.95. The fraction of sp³-hybridized carbons (Fsp3) is 0. The van der Waals surface area contributed by atoms with Crippen molar-refractivity contribution in [3.8, 4) is 56.0 Å². The molecule has 2 heterocycles. The number of aromatic nitrogens is 2. The van der Waals surface area contributed by atoms with Gasteiger partial charge in [0.2, 0.25) is 0 Å². The fourth-order valence-corrected chi connectivity index (χ4v) is 5.72. The van der Waals surface area contributed by atoms with E-state index in [-0.39, 0.29) is 0 Å². The molecule has 0 fully saturated rings. The quantitative estimate of drug-likeness (QED) is 0.214. The van der Waals surface area contributed by atoms with Crippen molar-refractivity contribution in [1.29, 1.82) is 0 Å². The largest absolute Gasteiger partial charge is 0.452 e. The average molecular weight is 551 g/mol. The highest BCUT2D eigenvalue weighted by Crippen LogP contribution is 2.39. The Labute approximate surface area is 249 Å². The van der Waals surface area contributed by atoms with Crippen LogP contribution < -0.4 is 0 Å². The van der Waals surface area contributed by atoms with E-state index in [1.54, 1.807) is 0 Å². The molecule has 0 radical (unpaired) electrons. The van der Waals surface area contributed by atoms with Crippen LogP contribution in [0.15, 0.2) is 162 Å². The fourth-order valence-electron chi connectivity index (χ4n) is 5.72. The van der Waals surface area contributed by atoms with Crippen molar-refractivity contribution in [3.05, 3.63) is 158 Å². The third-order valence-electron chi connectivity index (χ3n) is 7.89. The summed E-state index contributed by atoms with van der Waals surface area (Å²) < 4.78 is 6.47. The summed E-state index contributed by atoms with van der Waals surface area (Å²) in [5.74, 6) is 0.667. The highest BCUT2D eigenvalue weighted by atomic mass is 16.3. The lowest BCUT2D eigenvalue weighted by Gasteiger charge is -2.12. The molecule has 0 aliphatic heterocycles. The molecule has 0 N–H and O–H groups in total. The predicted molar refractivity (Wildman–Crippen MR) is 176 cm³/mol. The van der Waals surface area contributed by atoms with Crippen LogP contribution in [0.1, 0.15) is 0 Å².